The molecule has 1 aromatic rings. The Bertz CT molecular complexity index is 328. The van der Waals surface area contributed by atoms with Crippen molar-refractivity contribution in [3.63, 3.8) is 0 Å². The molecule has 0 fully saturated rings. The molecule has 1 rings (SSSR count). The second kappa shape index (κ2) is 7.03. The Labute approximate surface area is 112 Å². The van der Waals surface area contributed by atoms with Gasteiger partial charge in [0, 0.05) is 12.6 Å². The lowest BCUT2D eigenvalue weighted by Gasteiger charge is -2.31. The van der Waals surface area contributed by atoms with Crippen LogP contribution in [0.5, 0.6) is 0 Å². The summed E-state index contributed by atoms with van der Waals surface area (Å²) in [5.74, 6) is 0. The first kappa shape index (κ1) is 16.5. The van der Waals surface area contributed by atoms with Crippen molar-refractivity contribution >= 4 is 12.4 Å². The van der Waals surface area contributed by atoms with Crippen LogP contribution in [0.3, 0.4) is 0 Å². The maximum absolute atomic E-state index is 3.67. The maximum atomic E-state index is 3.67. The standard InChI is InChI=1S/C15H25N.ClH/c1-6-14(15(3,4)5)16-11-13-10-8-7-9-12(13)2;/h7-10,14,16H,6,11H2,1-5H3;1H. The summed E-state index contributed by atoms with van der Waals surface area (Å²) in [5.41, 5.74) is 3.11. The van der Waals surface area contributed by atoms with E-state index in [2.05, 4.69) is 64.2 Å². The molecule has 0 aliphatic rings. The minimum atomic E-state index is 0. The molecule has 0 amide bonds. The van der Waals surface area contributed by atoms with Crippen LogP contribution in [0.15, 0.2) is 24.3 Å². The van der Waals surface area contributed by atoms with Crippen molar-refractivity contribution in [2.75, 3.05) is 0 Å². The van der Waals surface area contributed by atoms with Gasteiger partial charge in [0.05, 0.1) is 0 Å². The van der Waals surface area contributed by atoms with Gasteiger partial charge in [-0.3, -0.25) is 0 Å². The zero-order valence-electron chi connectivity index (χ0n) is 11.7. The van der Waals surface area contributed by atoms with Crippen LogP contribution in [0, 0.1) is 12.3 Å². The van der Waals surface area contributed by atoms with Gasteiger partial charge in [-0.25, -0.2) is 0 Å². The molecule has 0 saturated carbocycles. The molecule has 2 heteroatoms. The van der Waals surface area contributed by atoms with Crippen molar-refractivity contribution in [3.05, 3.63) is 35.4 Å². The molecule has 0 aromatic heterocycles. The van der Waals surface area contributed by atoms with Gasteiger partial charge in [-0.2, -0.15) is 0 Å². The van der Waals surface area contributed by atoms with Crippen molar-refractivity contribution < 1.29 is 0 Å². The first-order valence-electron chi connectivity index (χ1n) is 6.23. The van der Waals surface area contributed by atoms with Gasteiger partial charge in [0.15, 0.2) is 0 Å². The molecule has 0 bridgehead atoms. The lowest BCUT2D eigenvalue weighted by molar-refractivity contribution is 0.259. The summed E-state index contributed by atoms with van der Waals surface area (Å²) >= 11 is 0. The average Bonchev–Trinajstić information content (AvgIpc) is 2.19. The van der Waals surface area contributed by atoms with Gasteiger partial charge in [0.25, 0.3) is 0 Å². The van der Waals surface area contributed by atoms with Crippen LogP contribution in [-0.4, -0.2) is 6.04 Å². The summed E-state index contributed by atoms with van der Waals surface area (Å²) in [6, 6.07) is 9.17. The molecule has 1 aromatic carbocycles. The predicted octanol–water partition coefficient (Wildman–Crippen LogP) is 4.33. The summed E-state index contributed by atoms with van der Waals surface area (Å²) < 4.78 is 0. The number of halogens is 1. The average molecular weight is 256 g/mol. The highest BCUT2D eigenvalue weighted by Gasteiger charge is 2.21. The molecule has 0 aliphatic carbocycles. The molecule has 17 heavy (non-hydrogen) atoms. The Kier molecular flexibility index (Phi) is 6.81. The first-order valence-corrected chi connectivity index (χ1v) is 6.23. The highest BCUT2D eigenvalue weighted by Crippen LogP contribution is 2.22. The van der Waals surface area contributed by atoms with E-state index in [1.165, 1.54) is 17.5 Å². The van der Waals surface area contributed by atoms with E-state index in [0.717, 1.165) is 6.54 Å². The van der Waals surface area contributed by atoms with E-state index in [9.17, 15) is 0 Å². The predicted molar refractivity (Wildman–Crippen MR) is 78.8 cm³/mol. The Hall–Kier alpha value is -0.530. The second-order valence-corrected chi connectivity index (χ2v) is 5.63. The summed E-state index contributed by atoms with van der Waals surface area (Å²) in [6.07, 6.45) is 1.18. The van der Waals surface area contributed by atoms with Gasteiger partial charge in [-0.15, -0.1) is 12.4 Å². The van der Waals surface area contributed by atoms with Crippen LogP contribution in [0.1, 0.15) is 45.2 Å². The summed E-state index contributed by atoms with van der Waals surface area (Å²) in [7, 11) is 0. The molecule has 0 saturated heterocycles. The Morgan fingerprint density at radius 1 is 1.18 bits per heavy atom. The molecule has 98 valence electrons. The van der Waals surface area contributed by atoms with E-state index in [-0.39, 0.29) is 12.4 Å². The topological polar surface area (TPSA) is 12.0 Å². The SMILES string of the molecule is CCC(NCc1ccccc1C)C(C)(C)C.Cl. The molecule has 0 radical (unpaired) electrons. The van der Waals surface area contributed by atoms with Gasteiger partial charge in [-0.1, -0.05) is 52.0 Å². The lowest BCUT2D eigenvalue weighted by Crippen LogP contribution is -2.39. The van der Waals surface area contributed by atoms with Gasteiger partial charge in [0.2, 0.25) is 0 Å². The second-order valence-electron chi connectivity index (χ2n) is 5.63. The molecule has 0 spiro atoms. The van der Waals surface area contributed by atoms with Crippen LogP contribution >= 0.6 is 12.4 Å². The number of aryl methyl sites for hydroxylation is 1. The zero-order chi connectivity index (χ0) is 12.2. The third kappa shape index (κ3) is 5.10. The highest BCUT2D eigenvalue weighted by atomic mass is 35.5. The number of rotatable bonds is 4. The number of benzene rings is 1. The number of nitrogens with one attached hydrogen (secondary N) is 1. The Morgan fingerprint density at radius 2 is 1.76 bits per heavy atom. The van der Waals surface area contributed by atoms with Gasteiger partial charge < -0.3 is 5.32 Å². The van der Waals surface area contributed by atoms with Crippen molar-refractivity contribution in [1.82, 2.24) is 5.32 Å². The van der Waals surface area contributed by atoms with Crippen molar-refractivity contribution in [1.29, 1.82) is 0 Å². The van der Waals surface area contributed by atoms with E-state index >= 15 is 0 Å². The van der Waals surface area contributed by atoms with Crippen LogP contribution in [0.4, 0.5) is 0 Å². The molecular formula is C15H26ClN. The molecule has 1 unspecified atom stereocenters. The molecule has 1 N–H and O–H groups in total. The van der Waals surface area contributed by atoms with Gasteiger partial charge in [-0.05, 0) is 29.9 Å². The normalized spacial score (nSPS) is 13.0. The fourth-order valence-corrected chi connectivity index (χ4v) is 2.10. The highest BCUT2D eigenvalue weighted by molar-refractivity contribution is 5.85. The Balaban J connectivity index is 0.00000256. The molecule has 0 aliphatic heterocycles. The molecule has 1 nitrogen and oxygen atoms in total. The third-order valence-electron chi connectivity index (χ3n) is 3.25. The van der Waals surface area contributed by atoms with E-state index in [0.29, 0.717) is 11.5 Å². The van der Waals surface area contributed by atoms with Gasteiger partial charge >= 0.3 is 0 Å². The minimum Gasteiger partial charge on any atom is -0.309 e. The summed E-state index contributed by atoms with van der Waals surface area (Å²) in [6.45, 7) is 12.3. The van der Waals surface area contributed by atoms with E-state index in [1.54, 1.807) is 0 Å². The lowest BCUT2D eigenvalue weighted by atomic mass is 9.85. The van der Waals surface area contributed by atoms with Crippen molar-refractivity contribution in [2.24, 2.45) is 5.41 Å². The minimum absolute atomic E-state index is 0. The van der Waals surface area contributed by atoms with Crippen LogP contribution < -0.4 is 5.32 Å². The first-order chi connectivity index (χ1) is 7.45. The van der Waals surface area contributed by atoms with Crippen LogP contribution in [0.2, 0.25) is 0 Å². The summed E-state index contributed by atoms with van der Waals surface area (Å²) in [5, 5.41) is 3.67. The van der Waals surface area contributed by atoms with E-state index < -0.39 is 0 Å². The quantitative estimate of drug-likeness (QED) is 0.845. The number of hydrogen-bond acceptors (Lipinski definition) is 1. The van der Waals surface area contributed by atoms with E-state index in [1.807, 2.05) is 0 Å². The van der Waals surface area contributed by atoms with Crippen molar-refractivity contribution in [3.8, 4) is 0 Å². The molecule has 1 atom stereocenters. The summed E-state index contributed by atoms with van der Waals surface area (Å²) in [4.78, 5) is 0. The number of hydrogen-bond donors (Lipinski definition) is 1. The molecular weight excluding hydrogens is 230 g/mol. The van der Waals surface area contributed by atoms with Crippen molar-refractivity contribution in [2.45, 2.75) is 53.6 Å². The largest absolute Gasteiger partial charge is 0.309 e. The fourth-order valence-electron chi connectivity index (χ4n) is 2.10. The van der Waals surface area contributed by atoms with Gasteiger partial charge in [0.1, 0.15) is 0 Å². The zero-order valence-corrected chi connectivity index (χ0v) is 12.5. The fraction of sp³-hybridized carbons (Fsp3) is 0.600. The third-order valence-corrected chi connectivity index (χ3v) is 3.25. The maximum Gasteiger partial charge on any atom is 0.0210 e. The smallest absolute Gasteiger partial charge is 0.0210 e. The van der Waals surface area contributed by atoms with E-state index in [4.69, 9.17) is 0 Å². The molecule has 0 heterocycles. The van der Waals surface area contributed by atoms with Crippen LogP contribution in [0.25, 0.3) is 0 Å². The monoisotopic (exact) mass is 255 g/mol. The Morgan fingerprint density at radius 3 is 2.24 bits per heavy atom. The van der Waals surface area contributed by atoms with Crippen LogP contribution in [-0.2, 0) is 6.54 Å².